The van der Waals surface area contributed by atoms with Crippen LogP contribution in [0.1, 0.15) is 11.1 Å². The van der Waals surface area contributed by atoms with Gasteiger partial charge in [0.05, 0.1) is 6.61 Å². The molecule has 1 aliphatic carbocycles. The molecule has 0 unspecified atom stereocenters. The minimum Gasteiger partial charge on any atom is -0.871 e. The Balaban J connectivity index is 0.000000254. The third kappa shape index (κ3) is 7.66. The standard InChI is InChI=1S/C13H13O.C6H5N3O.Fe/c1-2-6-12(7-3-1)10-14-11-13-8-4-5-9-13;7-9-8-6(10)5-3-1-2-4-5;/h1-9H,10-11H2;1-4,10H;/q-1;;+2/p-1. The van der Waals surface area contributed by atoms with E-state index in [1.54, 1.807) is 24.3 Å². The molecule has 0 spiro atoms. The smallest absolute Gasteiger partial charge is 0.871 e. The minimum atomic E-state index is -0.535. The summed E-state index contributed by atoms with van der Waals surface area (Å²) in [6.45, 7) is 1.38. The molecule has 2 aromatic rings. The van der Waals surface area contributed by atoms with Crippen LogP contribution < -0.4 is 5.11 Å². The molecular weight excluding hydrogens is 358 g/mol. The average Bonchev–Trinajstić information content (AvgIpc) is 3.31. The van der Waals surface area contributed by atoms with Crippen LogP contribution in [0, 0.1) is 0 Å². The Kier molecular flexibility index (Phi) is 9.68. The van der Waals surface area contributed by atoms with Gasteiger partial charge >= 0.3 is 17.1 Å². The van der Waals surface area contributed by atoms with Gasteiger partial charge in [-0.05, 0) is 22.6 Å². The van der Waals surface area contributed by atoms with Gasteiger partial charge in [0, 0.05) is 11.5 Å². The largest absolute Gasteiger partial charge is 2.00 e. The van der Waals surface area contributed by atoms with E-state index in [-0.39, 0.29) is 17.1 Å². The Morgan fingerprint density at radius 1 is 1.08 bits per heavy atom. The summed E-state index contributed by atoms with van der Waals surface area (Å²) in [5.41, 5.74) is 10.8. The topological polar surface area (TPSA) is 81.1 Å². The molecule has 0 N–H and O–H groups in total. The zero-order valence-electron chi connectivity index (χ0n) is 13.4. The number of azide groups is 1. The van der Waals surface area contributed by atoms with Crippen LogP contribution in [0.3, 0.4) is 0 Å². The molecule has 1 aliphatic rings. The summed E-state index contributed by atoms with van der Waals surface area (Å²) >= 11 is 0. The first-order valence-corrected chi connectivity index (χ1v) is 7.43. The van der Waals surface area contributed by atoms with Gasteiger partial charge in [-0.1, -0.05) is 59.8 Å². The second-order valence-corrected chi connectivity index (χ2v) is 4.94. The van der Waals surface area contributed by atoms with Crippen LogP contribution in [0.5, 0.6) is 0 Å². The molecule has 0 aromatic heterocycles. The van der Waals surface area contributed by atoms with Crippen molar-refractivity contribution < 1.29 is 26.9 Å². The summed E-state index contributed by atoms with van der Waals surface area (Å²) < 4.78 is 5.56. The average molecular weight is 375 g/mol. The quantitative estimate of drug-likeness (QED) is 0.197. The van der Waals surface area contributed by atoms with Crippen molar-refractivity contribution in [2.45, 2.75) is 13.2 Å². The van der Waals surface area contributed by atoms with E-state index < -0.39 is 5.88 Å². The molecule has 25 heavy (non-hydrogen) atoms. The van der Waals surface area contributed by atoms with Gasteiger partial charge in [0.25, 0.3) is 0 Å². The van der Waals surface area contributed by atoms with Crippen LogP contribution in [-0.2, 0) is 35.0 Å². The number of benzene rings is 1. The number of allylic oxidation sites excluding steroid dienone is 5. The monoisotopic (exact) mass is 375 g/mol. The molecule has 128 valence electrons. The first kappa shape index (κ1) is 20.4. The molecule has 0 fully saturated rings. The normalized spacial score (nSPS) is 11.1. The van der Waals surface area contributed by atoms with E-state index in [4.69, 9.17) is 10.3 Å². The molecule has 0 saturated carbocycles. The summed E-state index contributed by atoms with van der Waals surface area (Å²) in [6.07, 6.45) is 6.61. The SMILES string of the molecule is [Fe+2].[N-]=[N+]=NC([O-])=C1C=CC=C1.c1ccc(COCc2ccc[cH-]2)cc1. The van der Waals surface area contributed by atoms with Crippen molar-refractivity contribution in [3.8, 4) is 0 Å². The summed E-state index contributed by atoms with van der Waals surface area (Å²) in [5, 5.41) is 13.6. The van der Waals surface area contributed by atoms with Gasteiger partial charge in [0.2, 0.25) is 0 Å². The van der Waals surface area contributed by atoms with Gasteiger partial charge in [-0.25, -0.2) is 12.1 Å². The van der Waals surface area contributed by atoms with E-state index in [1.807, 2.05) is 30.3 Å². The fraction of sp³-hybridized carbons (Fsp3) is 0.105. The Bertz CT molecular complexity index is 745. The maximum absolute atomic E-state index is 10.7. The summed E-state index contributed by atoms with van der Waals surface area (Å²) in [7, 11) is 0. The predicted octanol–water partition coefficient (Wildman–Crippen LogP) is 4.11. The third-order valence-corrected chi connectivity index (χ3v) is 3.16. The van der Waals surface area contributed by atoms with Gasteiger partial charge in [-0.3, -0.25) is 0 Å². The van der Waals surface area contributed by atoms with Gasteiger partial charge in [0.15, 0.2) is 0 Å². The van der Waals surface area contributed by atoms with E-state index in [0.29, 0.717) is 18.8 Å². The van der Waals surface area contributed by atoms with E-state index in [9.17, 15) is 5.11 Å². The molecule has 0 atom stereocenters. The number of rotatable bonds is 5. The molecule has 0 heterocycles. The van der Waals surface area contributed by atoms with Crippen molar-refractivity contribution in [3.63, 3.8) is 0 Å². The van der Waals surface area contributed by atoms with Gasteiger partial charge in [-0.15, -0.1) is 5.56 Å². The Morgan fingerprint density at radius 2 is 1.80 bits per heavy atom. The van der Waals surface area contributed by atoms with Crippen molar-refractivity contribution >= 4 is 0 Å². The third-order valence-electron chi connectivity index (χ3n) is 3.16. The fourth-order valence-corrected chi connectivity index (χ4v) is 1.99. The van der Waals surface area contributed by atoms with E-state index in [0.717, 1.165) is 0 Å². The Morgan fingerprint density at radius 3 is 2.40 bits per heavy atom. The molecular formula is C19H17FeN3O2. The summed E-state index contributed by atoms with van der Waals surface area (Å²) in [4.78, 5) is 2.37. The fourth-order valence-electron chi connectivity index (χ4n) is 1.99. The summed E-state index contributed by atoms with van der Waals surface area (Å²) in [6, 6.07) is 18.4. The van der Waals surface area contributed by atoms with Crippen LogP contribution in [0.15, 0.2) is 95.5 Å². The van der Waals surface area contributed by atoms with Crippen LogP contribution in [0.4, 0.5) is 0 Å². The number of hydrogen-bond acceptors (Lipinski definition) is 3. The molecule has 0 saturated heterocycles. The van der Waals surface area contributed by atoms with E-state index >= 15 is 0 Å². The molecule has 0 bridgehead atoms. The molecule has 5 nitrogen and oxygen atoms in total. The van der Waals surface area contributed by atoms with E-state index in [1.165, 1.54) is 11.1 Å². The second kappa shape index (κ2) is 11.8. The number of hydrogen-bond donors (Lipinski definition) is 0. The van der Waals surface area contributed by atoms with Gasteiger partial charge in [0.1, 0.15) is 0 Å². The first-order chi connectivity index (χ1) is 11.8. The molecule has 0 radical (unpaired) electrons. The maximum atomic E-state index is 10.7. The summed E-state index contributed by atoms with van der Waals surface area (Å²) in [5.74, 6) is -0.535. The Hall–Kier alpha value is -2.62. The van der Waals surface area contributed by atoms with Crippen molar-refractivity contribution in [2.24, 2.45) is 5.11 Å². The zero-order valence-corrected chi connectivity index (χ0v) is 14.5. The zero-order chi connectivity index (χ0) is 17.0. The van der Waals surface area contributed by atoms with E-state index in [2.05, 4.69) is 34.3 Å². The molecule has 3 rings (SSSR count). The minimum absolute atomic E-state index is 0. The molecule has 0 aliphatic heterocycles. The first-order valence-electron chi connectivity index (χ1n) is 7.43. The maximum Gasteiger partial charge on any atom is 2.00 e. The van der Waals surface area contributed by atoms with Crippen molar-refractivity contribution in [1.29, 1.82) is 0 Å². The molecule has 6 heteroatoms. The van der Waals surface area contributed by atoms with Crippen molar-refractivity contribution in [3.05, 3.63) is 112 Å². The van der Waals surface area contributed by atoms with Gasteiger partial charge in [-0.2, -0.15) is 12.1 Å². The van der Waals surface area contributed by atoms with Crippen LogP contribution in [-0.4, -0.2) is 0 Å². The van der Waals surface area contributed by atoms with Gasteiger partial charge < -0.3 is 9.84 Å². The predicted molar refractivity (Wildman–Crippen MR) is 91.4 cm³/mol. The van der Waals surface area contributed by atoms with Crippen LogP contribution in [0.25, 0.3) is 10.4 Å². The number of nitrogens with zero attached hydrogens (tertiary/aromatic N) is 3. The van der Waals surface area contributed by atoms with Crippen molar-refractivity contribution in [2.75, 3.05) is 0 Å². The van der Waals surface area contributed by atoms with Crippen LogP contribution >= 0.6 is 0 Å². The molecule has 0 amide bonds. The second-order valence-electron chi connectivity index (χ2n) is 4.94. The van der Waals surface area contributed by atoms with Crippen LogP contribution in [0.2, 0.25) is 0 Å². The molecule has 2 aromatic carbocycles. The Labute approximate surface area is 157 Å². The number of ether oxygens (including phenoxy) is 1. The van der Waals surface area contributed by atoms with Crippen molar-refractivity contribution in [1.82, 2.24) is 0 Å².